The molecule has 160 valence electrons. The number of carbonyl (C=O) groups excluding carboxylic acids is 2. The minimum atomic E-state index is -0.553. The quantitative estimate of drug-likeness (QED) is 0.430. The Balaban J connectivity index is 1.28. The molecule has 32 heavy (non-hydrogen) atoms. The van der Waals surface area contributed by atoms with Crippen molar-refractivity contribution >= 4 is 11.9 Å². The van der Waals surface area contributed by atoms with Crippen molar-refractivity contribution in [2.75, 3.05) is 6.54 Å². The number of aromatic nitrogens is 1. The first kappa shape index (κ1) is 21.1. The average molecular weight is 426 g/mol. The summed E-state index contributed by atoms with van der Waals surface area (Å²) in [6, 6.07) is 26.6. The molecule has 1 amide bonds. The van der Waals surface area contributed by atoms with Gasteiger partial charge in [-0.25, -0.2) is 4.98 Å². The van der Waals surface area contributed by atoms with Crippen LogP contribution in [0, 0.1) is 6.92 Å². The number of benzene rings is 3. The maximum atomic E-state index is 12.3. The summed E-state index contributed by atoms with van der Waals surface area (Å²) < 4.78 is 10.9. The second-order valence-electron chi connectivity index (χ2n) is 7.17. The first-order chi connectivity index (χ1) is 15.6. The van der Waals surface area contributed by atoms with Crippen LogP contribution in [0.2, 0.25) is 0 Å². The lowest BCUT2D eigenvalue weighted by atomic mass is 10.0. The van der Waals surface area contributed by atoms with Gasteiger partial charge in [0.2, 0.25) is 5.89 Å². The molecule has 0 unspecified atom stereocenters. The summed E-state index contributed by atoms with van der Waals surface area (Å²) >= 11 is 0. The number of amides is 1. The molecule has 0 aliphatic heterocycles. The molecule has 1 aromatic heterocycles. The van der Waals surface area contributed by atoms with E-state index in [0.29, 0.717) is 22.9 Å². The Labute approximate surface area is 185 Å². The topological polar surface area (TPSA) is 81.4 Å². The smallest absolute Gasteiger partial charge is 0.325 e. The number of hydrogen-bond donors (Lipinski definition) is 1. The zero-order valence-corrected chi connectivity index (χ0v) is 17.6. The number of hydrogen-bond acceptors (Lipinski definition) is 5. The lowest BCUT2D eigenvalue weighted by molar-refractivity contribution is -0.143. The van der Waals surface area contributed by atoms with E-state index in [2.05, 4.69) is 10.3 Å². The van der Waals surface area contributed by atoms with Crippen LogP contribution in [-0.2, 0) is 16.1 Å². The fourth-order valence-electron chi connectivity index (χ4n) is 3.17. The third-order valence-electron chi connectivity index (χ3n) is 4.93. The first-order valence-electron chi connectivity index (χ1n) is 10.2. The Kier molecular flexibility index (Phi) is 6.41. The number of ether oxygens (including phenoxy) is 1. The van der Waals surface area contributed by atoms with Crippen LogP contribution in [0.4, 0.5) is 0 Å². The highest BCUT2D eigenvalue weighted by molar-refractivity contribution is 5.96. The van der Waals surface area contributed by atoms with E-state index in [9.17, 15) is 9.59 Å². The van der Waals surface area contributed by atoms with E-state index in [4.69, 9.17) is 9.15 Å². The van der Waals surface area contributed by atoms with E-state index in [1.165, 1.54) is 0 Å². The van der Waals surface area contributed by atoms with Gasteiger partial charge in [0.05, 0.1) is 0 Å². The van der Waals surface area contributed by atoms with Gasteiger partial charge >= 0.3 is 5.97 Å². The Hall–Kier alpha value is -4.19. The highest BCUT2D eigenvalue weighted by atomic mass is 16.5. The molecule has 0 aliphatic carbocycles. The zero-order chi connectivity index (χ0) is 22.3. The van der Waals surface area contributed by atoms with Gasteiger partial charge in [-0.05, 0) is 42.3 Å². The monoisotopic (exact) mass is 426 g/mol. The fraction of sp³-hybridized carbons (Fsp3) is 0.115. The predicted molar refractivity (Wildman–Crippen MR) is 121 cm³/mol. The summed E-state index contributed by atoms with van der Waals surface area (Å²) in [6.07, 6.45) is 0. The van der Waals surface area contributed by atoms with Crippen molar-refractivity contribution in [3.63, 3.8) is 0 Å². The maximum Gasteiger partial charge on any atom is 0.325 e. The fourth-order valence-corrected chi connectivity index (χ4v) is 3.17. The second kappa shape index (κ2) is 9.75. The number of esters is 1. The van der Waals surface area contributed by atoms with Gasteiger partial charge < -0.3 is 14.5 Å². The van der Waals surface area contributed by atoms with Gasteiger partial charge in [0.1, 0.15) is 24.6 Å². The van der Waals surface area contributed by atoms with Crippen LogP contribution in [0.15, 0.2) is 89.3 Å². The Morgan fingerprint density at radius 1 is 0.844 bits per heavy atom. The molecule has 1 heterocycles. The van der Waals surface area contributed by atoms with Gasteiger partial charge in [0.25, 0.3) is 5.91 Å². The highest BCUT2D eigenvalue weighted by Crippen LogP contribution is 2.22. The molecular weight excluding hydrogens is 404 g/mol. The summed E-state index contributed by atoms with van der Waals surface area (Å²) in [7, 11) is 0. The SMILES string of the molecule is Cc1oc(-c2ccccc2)nc1COC(=O)CNC(=O)c1ccc(-c2ccccc2)cc1. The van der Waals surface area contributed by atoms with Crippen molar-refractivity contribution in [3.8, 4) is 22.6 Å². The maximum absolute atomic E-state index is 12.3. The molecule has 6 heteroatoms. The average Bonchev–Trinajstić information content (AvgIpc) is 3.23. The summed E-state index contributed by atoms with van der Waals surface area (Å²) in [4.78, 5) is 28.8. The summed E-state index contributed by atoms with van der Waals surface area (Å²) in [6.45, 7) is 1.51. The molecule has 1 N–H and O–H groups in total. The Bertz CT molecular complexity index is 1200. The van der Waals surface area contributed by atoms with Crippen LogP contribution in [0.25, 0.3) is 22.6 Å². The van der Waals surface area contributed by atoms with Gasteiger partial charge in [-0.3, -0.25) is 9.59 Å². The molecular formula is C26H22N2O4. The van der Waals surface area contributed by atoms with Crippen LogP contribution in [0.5, 0.6) is 0 Å². The molecule has 3 aromatic carbocycles. The van der Waals surface area contributed by atoms with Crippen LogP contribution >= 0.6 is 0 Å². The number of oxazole rings is 1. The van der Waals surface area contributed by atoms with Gasteiger partial charge in [-0.2, -0.15) is 0 Å². The van der Waals surface area contributed by atoms with Crippen molar-refractivity contribution < 1.29 is 18.7 Å². The summed E-state index contributed by atoms with van der Waals surface area (Å²) in [5.74, 6) is 0.161. The van der Waals surface area contributed by atoms with Crippen molar-refractivity contribution in [2.45, 2.75) is 13.5 Å². The van der Waals surface area contributed by atoms with Gasteiger partial charge in [-0.1, -0.05) is 60.7 Å². The number of nitrogens with one attached hydrogen (secondary N) is 1. The first-order valence-corrected chi connectivity index (χ1v) is 10.2. The lowest BCUT2D eigenvalue weighted by Crippen LogP contribution is -2.30. The van der Waals surface area contributed by atoms with Crippen LogP contribution in [0.1, 0.15) is 21.8 Å². The molecule has 4 aromatic rings. The molecule has 0 radical (unpaired) electrons. The second-order valence-corrected chi connectivity index (χ2v) is 7.17. The molecule has 6 nitrogen and oxygen atoms in total. The molecule has 0 saturated carbocycles. The summed E-state index contributed by atoms with van der Waals surface area (Å²) in [5.41, 5.74) is 3.94. The number of carbonyl (C=O) groups is 2. The van der Waals surface area contributed by atoms with Crippen LogP contribution in [-0.4, -0.2) is 23.4 Å². The number of nitrogens with zero attached hydrogens (tertiary/aromatic N) is 1. The van der Waals surface area contributed by atoms with Crippen LogP contribution in [0.3, 0.4) is 0 Å². The molecule has 0 atom stereocenters. The van der Waals surface area contributed by atoms with Gasteiger partial charge in [0, 0.05) is 11.1 Å². The molecule has 0 bridgehead atoms. The predicted octanol–water partition coefficient (Wildman–Crippen LogP) is 4.79. The largest absolute Gasteiger partial charge is 0.458 e. The lowest BCUT2D eigenvalue weighted by Gasteiger charge is -2.07. The molecule has 0 fully saturated rings. The van der Waals surface area contributed by atoms with E-state index in [1.54, 1.807) is 19.1 Å². The summed E-state index contributed by atoms with van der Waals surface area (Å²) in [5, 5.41) is 2.58. The van der Waals surface area contributed by atoms with Gasteiger partial charge in [-0.15, -0.1) is 0 Å². The molecule has 0 aliphatic rings. The molecule has 4 rings (SSSR count). The highest BCUT2D eigenvalue weighted by Gasteiger charge is 2.14. The van der Waals surface area contributed by atoms with Crippen molar-refractivity contribution in [1.82, 2.24) is 10.3 Å². The Morgan fingerprint density at radius 3 is 2.09 bits per heavy atom. The number of rotatable bonds is 7. The minimum Gasteiger partial charge on any atom is -0.458 e. The zero-order valence-electron chi connectivity index (χ0n) is 17.6. The molecule has 0 spiro atoms. The van der Waals surface area contributed by atoms with E-state index in [0.717, 1.165) is 16.7 Å². The van der Waals surface area contributed by atoms with Crippen molar-refractivity contribution in [2.24, 2.45) is 0 Å². The van der Waals surface area contributed by atoms with Crippen LogP contribution < -0.4 is 5.32 Å². The van der Waals surface area contributed by atoms with Gasteiger partial charge in [0.15, 0.2) is 0 Å². The van der Waals surface area contributed by atoms with E-state index < -0.39 is 5.97 Å². The molecule has 0 saturated heterocycles. The van der Waals surface area contributed by atoms with E-state index in [1.807, 2.05) is 72.8 Å². The normalized spacial score (nSPS) is 10.5. The Morgan fingerprint density at radius 2 is 1.44 bits per heavy atom. The minimum absolute atomic E-state index is 0.0252. The number of aryl methyl sites for hydroxylation is 1. The third-order valence-corrected chi connectivity index (χ3v) is 4.93. The van der Waals surface area contributed by atoms with E-state index in [-0.39, 0.29) is 19.1 Å². The standard InChI is InChI=1S/C26H22N2O4/c1-18-23(28-26(32-18)22-10-6-3-7-11-22)17-31-24(29)16-27-25(30)21-14-12-20(13-15-21)19-8-4-2-5-9-19/h2-15H,16-17H2,1H3,(H,27,30). The van der Waals surface area contributed by atoms with E-state index >= 15 is 0 Å². The van der Waals surface area contributed by atoms with Crippen molar-refractivity contribution in [3.05, 3.63) is 102 Å². The third kappa shape index (κ3) is 5.10. The van der Waals surface area contributed by atoms with Crippen molar-refractivity contribution in [1.29, 1.82) is 0 Å².